The van der Waals surface area contributed by atoms with Gasteiger partial charge in [0.05, 0.1) is 11.8 Å². The second-order valence-electron chi connectivity index (χ2n) is 8.30. The van der Waals surface area contributed by atoms with Crippen molar-refractivity contribution in [2.24, 2.45) is 5.92 Å². The zero-order valence-corrected chi connectivity index (χ0v) is 20.6. The molecule has 2 aromatic carbocycles. The van der Waals surface area contributed by atoms with E-state index in [4.69, 9.17) is 0 Å². The van der Waals surface area contributed by atoms with Crippen molar-refractivity contribution in [3.63, 3.8) is 0 Å². The summed E-state index contributed by atoms with van der Waals surface area (Å²) in [5.74, 6) is 0.765. The van der Waals surface area contributed by atoms with Crippen molar-refractivity contribution in [1.29, 1.82) is 0 Å². The van der Waals surface area contributed by atoms with Crippen LogP contribution in [0.2, 0.25) is 0 Å². The van der Waals surface area contributed by atoms with Gasteiger partial charge in [-0.05, 0) is 56.0 Å². The Balaban J connectivity index is 1.71. The number of nitrogens with zero attached hydrogens (tertiary/aromatic N) is 3. The number of aromatic nitrogens is 3. The number of anilines is 1. The predicted molar refractivity (Wildman–Crippen MR) is 132 cm³/mol. The Hall–Kier alpha value is -3.13. The average molecular weight is 466 g/mol. The first-order valence-electron chi connectivity index (χ1n) is 11.1. The number of aryl methyl sites for hydroxylation is 2. The Labute approximate surface area is 199 Å². The molecule has 0 bridgehead atoms. The molecule has 0 unspecified atom stereocenters. The average Bonchev–Trinajstić information content (AvgIpc) is 3.21. The normalized spacial score (nSPS) is 11.9. The molecule has 1 heterocycles. The number of nitrogens with one attached hydrogen (secondary N) is 2. The summed E-state index contributed by atoms with van der Waals surface area (Å²) in [4.78, 5) is 25.3. The molecule has 3 rings (SSSR count). The van der Waals surface area contributed by atoms with Crippen LogP contribution in [-0.4, -0.2) is 32.3 Å². The van der Waals surface area contributed by atoms with E-state index in [1.807, 2.05) is 75.6 Å². The Morgan fingerprint density at radius 1 is 1.06 bits per heavy atom. The summed E-state index contributed by atoms with van der Waals surface area (Å²) in [6.07, 6.45) is 0. The van der Waals surface area contributed by atoms with E-state index >= 15 is 0 Å². The highest BCUT2D eigenvalue weighted by Crippen LogP contribution is 2.26. The lowest BCUT2D eigenvalue weighted by Crippen LogP contribution is -2.33. The molecule has 0 saturated carbocycles. The van der Waals surface area contributed by atoms with Gasteiger partial charge in [-0.25, -0.2) is 0 Å². The molecule has 2 N–H and O–H groups in total. The molecule has 7 nitrogen and oxygen atoms in total. The molecule has 3 aromatic rings. The quantitative estimate of drug-likeness (QED) is 0.444. The number of carbonyl (C=O) groups is 2. The highest BCUT2D eigenvalue weighted by Gasteiger charge is 2.26. The molecule has 33 heavy (non-hydrogen) atoms. The highest BCUT2D eigenvalue weighted by atomic mass is 32.2. The third-order valence-electron chi connectivity index (χ3n) is 5.33. The van der Waals surface area contributed by atoms with Crippen LogP contribution in [-0.2, 0) is 11.3 Å². The van der Waals surface area contributed by atoms with E-state index in [0.717, 1.165) is 16.8 Å². The molecule has 0 aliphatic carbocycles. The van der Waals surface area contributed by atoms with Crippen LogP contribution in [0.1, 0.15) is 54.1 Å². The fourth-order valence-corrected chi connectivity index (χ4v) is 4.27. The van der Waals surface area contributed by atoms with Gasteiger partial charge in [0.15, 0.2) is 11.0 Å². The number of hydrogen-bond acceptors (Lipinski definition) is 5. The van der Waals surface area contributed by atoms with Gasteiger partial charge in [0.25, 0.3) is 5.91 Å². The van der Waals surface area contributed by atoms with Crippen molar-refractivity contribution in [2.45, 2.75) is 52.4 Å². The zero-order valence-electron chi connectivity index (χ0n) is 19.8. The predicted octanol–water partition coefficient (Wildman–Crippen LogP) is 4.77. The monoisotopic (exact) mass is 465 g/mol. The maximum Gasteiger partial charge on any atom is 0.251 e. The summed E-state index contributed by atoms with van der Waals surface area (Å²) in [6, 6.07) is 14.8. The molecule has 174 valence electrons. The number of amides is 2. The summed E-state index contributed by atoms with van der Waals surface area (Å²) < 4.78 is 1.96. The van der Waals surface area contributed by atoms with Gasteiger partial charge < -0.3 is 15.2 Å². The van der Waals surface area contributed by atoms with Crippen molar-refractivity contribution in [2.75, 3.05) is 11.1 Å². The van der Waals surface area contributed by atoms with Gasteiger partial charge in [-0.3, -0.25) is 9.59 Å². The number of benzene rings is 2. The number of rotatable bonds is 9. The fraction of sp³-hybridized carbons (Fsp3) is 0.360. The Morgan fingerprint density at radius 3 is 2.45 bits per heavy atom. The van der Waals surface area contributed by atoms with Crippen LogP contribution >= 0.6 is 11.8 Å². The second kappa shape index (κ2) is 11.1. The van der Waals surface area contributed by atoms with E-state index in [0.29, 0.717) is 23.1 Å². The molecule has 0 aliphatic rings. The Morgan fingerprint density at radius 2 is 1.79 bits per heavy atom. The molecule has 0 spiro atoms. The van der Waals surface area contributed by atoms with Crippen LogP contribution in [0.25, 0.3) is 0 Å². The Bertz CT molecular complexity index is 1110. The summed E-state index contributed by atoms with van der Waals surface area (Å²) in [7, 11) is 0. The third kappa shape index (κ3) is 6.22. The highest BCUT2D eigenvalue weighted by molar-refractivity contribution is 7.99. The van der Waals surface area contributed by atoms with Crippen LogP contribution in [0.3, 0.4) is 0 Å². The lowest BCUT2D eigenvalue weighted by atomic mass is 10.0. The standard InChI is InChI=1S/C25H31N5O2S/c1-6-30-23(22(16(2)3)27-24(32)19-10-8-7-9-11-19)28-29-25(30)33-15-21(31)26-20-14-17(4)12-13-18(20)5/h7-14,16,22H,6,15H2,1-5H3,(H,26,31)(H,27,32)/t22-/m1/s1. The lowest BCUT2D eigenvalue weighted by molar-refractivity contribution is -0.113. The molecule has 0 saturated heterocycles. The van der Waals surface area contributed by atoms with Crippen molar-refractivity contribution in [3.05, 3.63) is 71.0 Å². The van der Waals surface area contributed by atoms with Gasteiger partial charge in [0.1, 0.15) is 0 Å². The van der Waals surface area contributed by atoms with Gasteiger partial charge in [-0.15, -0.1) is 10.2 Å². The maximum atomic E-state index is 12.8. The van der Waals surface area contributed by atoms with E-state index < -0.39 is 0 Å². The summed E-state index contributed by atoms with van der Waals surface area (Å²) in [5, 5.41) is 15.4. The van der Waals surface area contributed by atoms with E-state index in [-0.39, 0.29) is 29.5 Å². The van der Waals surface area contributed by atoms with Crippen LogP contribution in [0.4, 0.5) is 5.69 Å². The summed E-state index contributed by atoms with van der Waals surface area (Å²) in [6.45, 7) is 10.7. The van der Waals surface area contributed by atoms with Gasteiger partial charge >= 0.3 is 0 Å². The van der Waals surface area contributed by atoms with Gasteiger partial charge in [0.2, 0.25) is 5.91 Å². The first-order valence-corrected chi connectivity index (χ1v) is 12.1. The third-order valence-corrected chi connectivity index (χ3v) is 6.30. The minimum absolute atomic E-state index is 0.0984. The molecule has 0 radical (unpaired) electrons. The smallest absolute Gasteiger partial charge is 0.251 e. The number of hydrogen-bond donors (Lipinski definition) is 2. The summed E-state index contributed by atoms with van der Waals surface area (Å²) in [5.41, 5.74) is 3.54. The minimum atomic E-state index is -0.303. The zero-order chi connectivity index (χ0) is 24.0. The lowest BCUT2D eigenvalue weighted by Gasteiger charge is -2.22. The van der Waals surface area contributed by atoms with Crippen molar-refractivity contribution in [3.8, 4) is 0 Å². The fourth-order valence-electron chi connectivity index (χ4n) is 3.46. The molecule has 0 fully saturated rings. The van der Waals surface area contributed by atoms with E-state index in [1.54, 1.807) is 12.1 Å². The van der Waals surface area contributed by atoms with Crippen molar-refractivity contribution >= 4 is 29.3 Å². The first kappa shape index (κ1) is 24.5. The second-order valence-corrected chi connectivity index (χ2v) is 9.24. The molecule has 8 heteroatoms. The van der Waals surface area contributed by atoms with E-state index in [1.165, 1.54) is 11.8 Å². The number of thioether (sulfide) groups is 1. The van der Waals surface area contributed by atoms with Crippen molar-refractivity contribution < 1.29 is 9.59 Å². The first-order chi connectivity index (χ1) is 15.8. The molecular formula is C25H31N5O2S. The molecule has 1 atom stereocenters. The minimum Gasteiger partial charge on any atom is -0.342 e. The van der Waals surface area contributed by atoms with Gasteiger partial charge in [-0.2, -0.15) is 0 Å². The van der Waals surface area contributed by atoms with Gasteiger partial charge in [-0.1, -0.05) is 55.9 Å². The van der Waals surface area contributed by atoms with Crippen LogP contribution < -0.4 is 10.6 Å². The van der Waals surface area contributed by atoms with Gasteiger partial charge in [0, 0.05) is 17.8 Å². The summed E-state index contributed by atoms with van der Waals surface area (Å²) >= 11 is 1.34. The molecular weight excluding hydrogens is 434 g/mol. The van der Waals surface area contributed by atoms with Crippen LogP contribution in [0, 0.1) is 19.8 Å². The largest absolute Gasteiger partial charge is 0.342 e. The van der Waals surface area contributed by atoms with Crippen LogP contribution in [0.15, 0.2) is 53.7 Å². The molecule has 2 amide bonds. The van der Waals surface area contributed by atoms with Crippen LogP contribution in [0.5, 0.6) is 0 Å². The molecule has 1 aromatic heterocycles. The van der Waals surface area contributed by atoms with Crippen molar-refractivity contribution in [1.82, 2.24) is 20.1 Å². The maximum absolute atomic E-state index is 12.8. The van der Waals surface area contributed by atoms with E-state index in [9.17, 15) is 9.59 Å². The van der Waals surface area contributed by atoms with E-state index in [2.05, 4.69) is 20.8 Å². The molecule has 0 aliphatic heterocycles. The topological polar surface area (TPSA) is 88.9 Å². The number of carbonyl (C=O) groups excluding carboxylic acids is 2. The Kier molecular flexibility index (Phi) is 8.27. The SMILES string of the molecule is CCn1c(SCC(=O)Nc2cc(C)ccc2C)nnc1[C@H](NC(=O)c1ccccc1)C(C)C.